The number of benzene rings is 1. The highest BCUT2D eigenvalue weighted by molar-refractivity contribution is 6.30. The molecular formula is C22H22ClN3O. The Morgan fingerprint density at radius 3 is 2.48 bits per heavy atom. The van der Waals surface area contributed by atoms with Crippen LogP contribution in [-0.4, -0.2) is 28.3 Å². The minimum atomic E-state index is -0.679. The summed E-state index contributed by atoms with van der Waals surface area (Å²) in [5.74, 6) is 0. The van der Waals surface area contributed by atoms with Gasteiger partial charge in [-0.1, -0.05) is 41.9 Å². The van der Waals surface area contributed by atoms with E-state index in [-0.39, 0.29) is 12.1 Å². The molecule has 2 aliphatic rings. The second-order valence-corrected chi connectivity index (χ2v) is 8.35. The molecule has 138 valence electrons. The van der Waals surface area contributed by atoms with Crippen molar-refractivity contribution in [1.82, 2.24) is 9.88 Å². The summed E-state index contributed by atoms with van der Waals surface area (Å²) < 4.78 is 0. The van der Waals surface area contributed by atoms with Crippen LogP contribution in [0.1, 0.15) is 43.7 Å². The predicted octanol–water partition coefficient (Wildman–Crippen LogP) is 4.24. The number of nitriles is 1. The van der Waals surface area contributed by atoms with Gasteiger partial charge in [-0.3, -0.25) is 9.88 Å². The first kappa shape index (κ1) is 18.2. The summed E-state index contributed by atoms with van der Waals surface area (Å²) in [7, 11) is 0. The Morgan fingerprint density at radius 1 is 1.26 bits per heavy atom. The summed E-state index contributed by atoms with van der Waals surface area (Å²) in [6.07, 6.45) is 7.81. The van der Waals surface area contributed by atoms with Gasteiger partial charge >= 0.3 is 0 Å². The van der Waals surface area contributed by atoms with Crippen molar-refractivity contribution in [3.63, 3.8) is 0 Å². The Morgan fingerprint density at radius 2 is 1.93 bits per heavy atom. The van der Waals surface area contributed by atoms with Crippen LogP contribution in [0, 0.1) is 11.3 Å². The molecule has 0 N–H and O–H groups in total. The van der Waals surface area contributed by atoms with Crippen molar-refractivity contribution in [3.05, 3.63) is 64.9 Å². The van der Waals surface area contributed by atoms with Gasteiger partial charge in [0.15, 0.2) is 0 Å². The Labute approximate surface area is 164 Å². The highest BCUT2D eigenvalue weighted by Crippen LogP contribution is 2.51. The molecule has 4 rings (SSSR count). The molecule has 2 aromatic rings. The molecule has 3 atom stereocenters. The van der Waals surface area contributed by atoms with Crippen molar-refractivity contribution < 1.29 is 4.79 Å². The van der Waals surface area contributed by atoms with Gasteiger partial charge in [-0.05, 0) is 49.8 Å². The van der Waals surface area contributed by atoms with Gasteiger partial charge in [0.1, 0.15) is 6.29 Å². The number of piperidine rings is 1. The van der Waals surface area contributed by atoms with E-state index in [4.69, 9.17) is 11.6 Å². The number of pyridine rings is 1. The van der Waals surface area contributed by atoms with Gasteiger partial charge < -0.3 is 4.79 Å². The van der Waals surface area contributed by atoms with Crippen molar-refractivity contribution in [2.45, 2.75) is 55.6 Å². The Hall–Kier alpha value is -2.22. The van der Waals surface area contributed by atoms with Crippen LogP contribution >= 0.6 is 11.6 Å². The second-order valence-electron chi connectivity index (χ2n) is 7.92. The number of hydrogen-bond acceptors (Lipinski definition) is 4. The van der Waals surface area contributed by atoms with Crippen LogP contribution in [0.15, 0.2) is 48.8 Å². The molecule has 0 radical (unpaired) electrons. The maximum Gasteiger partial charge on any atom is 0.144 e. The first-order chi connectivity index (χ1) is 13.0. The zero-order valence-corrected chi connectivity index (χ0v) is 16.1. The molecule has 1 aromatic carbocycles. The number of aromatic nitrogens is 1. The van der Waals surface area contributed by atoms with E-state index in [1.807, 2.05) is 43.3 Å². The van der Waals surface area contributed by atoms with Crippen molar-refractivity contribution in [2.24, 2.45) is 0 Å². The van der Waals surface area contributed by atoms with Crippen LogP contribution in [0.4, 0.5) is 0 Å². The normalized spacial score (nSPS) is 29.7. The summed E-state index contributed by atoms with van der Waals surface area (Å²) in [4.78, 5) is 18.8. The van der Waals surface area contributed by atoms with Crippen LogP contribution in [0.25, 0.3) is 0 Å². The molecule has 3 heterocycles. The predicted molar refractivity (Wildman–Crippen MR) is 104 cm³/mol. The molecule has 2 bridgehead atoms. The van der Waals surface area contributed by atoms with Crippen molar-refractivity contribution >= 4 is 17.9 Å². The lowest BCUT2D eigenvalue weighted by Crippen LogP contribution is -2.57. The van der Waals surface area contributed by atoms with E-state index in [0.717, 1.165) is 30.3 Å². The molecule has 5 heteroatoms. The molecule has 2 fully saturated rings. The molecular weight excluding hydrogens is 358 g/mol. The van der Waals surface area contributed by atoms with Crippen LogP contribution in [-0.2, 0) is 15.7 Å². The monoisotopic (exact) mass is 379 g/mol. The summed E-state index contributed by atoms with van der Waals surface area (Å²) in [6, 6.07) is 14.7. The zero-order valence-electron chi connectivity index (χ0n) is 15.3. The van der Waals surface area contributed by atoms with Gasteiger partial charge in [-0.15, -0.1) is 0 Å². The van der Waals surface area contributed by atoms with Gasteiger partial charge in [0.25, 0.3) is 0 Å². The smallest absolute Gasteiger partial charge is 0.144 e. The maximum absolute atomic E-state index is 12.3. The Kier molecular flexibility index (Phi) is 4.53. The molecule has 3 unspecified atom stereocenters. The lowest BCUT2D eigenvalue weighted by atomic mass is 9.70. The van der Waals surface area contributed by atoms with Crippen molar-refractivity contribution in [2.75, 3.05) is 0 Å². The molecule has 0 aliphatic carbocycles. The van der Waals surface area contributed by atoms with Crippen LogP contribution in [0.2, 0.25) is 5.02 Å². The number of nitrogens with zero attached hydrogens (tertiary/aromatic N) is 3. The van der Waals surface area contributed by atoms with Gasteiger partial charge in [0.05, 0.1) is 22.0 Å². The molecule has 0 amide bonds. The van der Waals surface area contributed by atoms with E-state index in [1.54, 1.807) is 12.4 Å². The standard InChI is InChI=1S/C22H22ClN3O/c1-21(15-27,16-5-3-2-4-6-16)26-19-7-8-20(26)11-22(10-19,14-24)17-9-18(23)13-25-12-17/h2-6,9,12-13,15,19-20H,7-8,10-11H2,1H3. The average Bonchev–Trinajstić information content (AvgIpc) is 2.99. The minimum absolute atomic E-state index is 0.179. The quantitative estimate of drug-likeness (QED) is 0.745. The third-order valence-corrected chi connectivity index (χ3v) is 6.59. The number of rotatable bonds is 4. The number of halogens is 1. The Bertz CT molecular complexity index is 880. The molecule has 1 aromatic heterocycles. The highest BCUT2D eigenvalue weighted by atomic mass is 35.5. The van der Waals surface area contributed by atoms with Gasteiger partial charge in [-0.25, -0.2) is 0 Å². The molecule has 0 saturated carbocycles. The molecule has 0 spiro atoms. The van der Waals surface area contributed by atoms with Crippen molar-refractivity contribution in [3.8, 4) is 6.07 Å². The number of fused-ring (bicyclic) bond motifs is 2. The largest absolute Gasteiger partial charge is 0.301 e. The fraction of sp³-hybridized carbons (Fsp3) is 0.409. The average molecular weight is 380 g/mol. The summed E-state index contributed by atoms with van der Waals surface area (Å²) in [5.41, 5.74) is 0.620. The van der Waals surface area contributed by atoms with E-state index in [2.05, 4.69) is 16.0 Å². The van der Waals surface area contributed by atoms with Crippen molar-refractivity contribution in [1.29, 1.82) is 5.26 Å². The zero-order chi connectivity index (χ0) is 19.1. The number of hydrogen-bond donors (Lipinski definition) is 0. The van der Waals surface area contributed by atoms with E-state index in [1.165, 1.54) is 0 Å². The SMILES string of the molecule is CC(C=O)(c1ccccc1)N1C2CCC1CC(C#N)(c1cncc(Cl)c1)C2. The van der Waals surface area contributed by atoms with Gasteiger partial charge in [0.2, 0.25) is 0 Å². The minimum Gasteiger partial charge on any atom is -0.301 e. The second kappa shape index (κ2) is 6.74. The van der Waals surface area contributed by atoms with E-state index in [0.29, 0.717) is 17.9 Å². The summed E-state index contributed by atoms with van der Waals surface area (Å²) in [5, 5.41) is 10.7. The van der Waals surface area contributed by atoms with Crippen LogP contribution < -0.4 is 0 Å². The lowest BCUT2D eigenvalue weighted by Gasteiger charge is -2.50. The molecule has 2 saturated heterocycles. The van der Waals surface area contributed by atoms with E-state index < -0.39 is 11.0 Å². The van der Waals surface area contributed by atoms with E-state index in [9.17, 15) is 10.1 Å². The first-order valence-electron chi connectivity index (χ1n) is 9.35. The summed E-state index contributed by atoms with van der Waals surface area (Å²) in [6.45, 7) is 2.00. The van der Waals surface area contributed by atoms with Gasteiger partial charge in [-0.2, -0.15) is 5.26 Å². The molecule has 4 nitrogen and oxygen atoms in total. The maximum atomic E-state index is 12.3. The first-order valence-corrected chi connectivity index (χ1v) is 9.73. The molecule has 27 heavy (non-hydrogen) atoms. The Balaban J connectivity index is 1.72. The van der Waals surface area contributed by atoms with Crippen LogP contribution in [0.3, 0.4) is 0 Å². The summed E-state index contributed by atoms with van der Waals surface area (Å²) >= 11 is 6.15. The number of carbonyl (C=O) groups excluding carboxylic acids is 1. The number of carbonyl (C=O) groups is 1. The fourth-order valence-electron chi connectivity index (χ4n) is 5.13. The molecule has 2 aliphatic heterocycles. The highest BCUT2D eigenvalue weighted by Gasteiger charge is 2.55. The van der Waals surface area contributed by atoms with Crippen LogP contribution in [0.5, 0.6) is 0 Å². The number of aldehydes is 1. The topological polar surface area (TPSA) is 57.0 Å². The fourth-order valence-corrected chi connectivity index (χ4v) is 5.30. The van der Waals surface area contributed by atoms with E-state index >= 15 is 0 Å². The third kappa shape index (κ3) is 2.86. The third-order valence-electron chi connectivity index (χ3n) is 6.38. The lowest BCUT2D eigenvalue weighted by molar-refractivity contribution is -0.122. The van der Waals surface area contributed by atoms with Gasteiger partial charge in [0, 0.05) is 24.5 Å².